The number of halogens is 1. The third kappa shape index (κ3) is 5.70. The smallest absolute Gasteiger partial charge is 0.311 e. The average molecular weight is 484 g/mol. The lowest BCUT2D eigenvalue weighted by Crippen LogP contribution is -2.32. The van der Waals surface area contributed by atoms with Crippen LogP contribution in [-0.2, 0) is 14.3 Å². The molecular weight excluding hydrogens is 450 g/mol. The van der Waals surface area contributed by atoms with Crippen molar-refractivity contribution in [2.45, 2.75) is 67.1 Å². The number of carbonyl (C=O) groups excluding carboxylic acids is 1. The number of rotatable bonds is 5. The standard InChI is InChI=1S/C28H34ClNO4/c1-17-15-22-21(14-9-18(2)30(22)32)25(19-10-12-20(29)13-11-19)24(17)23(34-28(6,7)8)16-33-26(31)27(3,4)5/h9-15,23H,16H2,1-8H3/t23-/m1/s1. The fraction of sp³-hybridized carbons (Fsp3) is 0.429. The number of ether oxygens (including phenoxy) is 2. The van der Waals surface area contributed by atoms with Crippen molar-refractivity contribution in [3.8, 4) is 11.1 Å². The first-order valence-electron chi connectivity index (χ1n) is 11.5. The Balaban J connectivity index is 2.29. The van der Waals surface area contributed by atoms with Crippen LogP contribution in [0.1, 0.15) is 64.5 Å². The molecule has 0 spiro atoms. The van der Waals surface area contributed by atoms with Gasteiger partial charge in [0.2, 0.25) is 5.52 Å². The number of pyridine rings is 1. The summed E-state index contributed by atoms with van der Waals surface area (Å²) in [6.07, 6.45) is -0.539. The molecule has 6 heteroatoms. The van der Waals surface area contributed by atoms with Gasteiger partial charge in [0.1, 0.15) is 12.7 Å². The lowest BCUT2D eigenvalue weighted by atomic mass is 9.88. The van der Waals surface area contributed by atoms with Crippen LogP contribution in [0.25, 0.3) is 22.0 Å². The molecule has 3 rings (SSSR count). The summed E-state index contributed by atoms with van der Waals surface area (Å²) in [5, 5.41) is 14.4. The van der Waals surface area contributed by atoms with Gasteiger partial charge in [-0.15, -0.1) is 0 Å². The molecule has 3 aromatic rings. The van der Waals surface area contributed by atoms with Crippen molar-refractivity contribution in [1.29, 1.82) is 0 Å². The van der Waals surface area contributed by atoms with Crippen LogP contribution >= 0.6 is 11.6 Å². The van der Waals surface area contributed by atoms with E-state index in [0.717, 1.165) is 32.4 Å². The van der Waals surface area contributed by atoms with Crippen LogP contribution < -0.4 is 4.73 Å². The second-order valence-electron chi connectivity index (χ2n) is 10.8. The SMILES string of the molecule is Cc1cc2c(ccc(C)[n+]2[O-])c(-c2ccc(Cl)cc2)c1[C@@H](COC(=O)C(C)(C)C)OC(C)(C)C. The van der Waals surface area contributed by atoms with Crippen molar-refractivity contribution >= 4 is 28.5 Å². The molecule has 34 heavy (non-hydrogen) atoms. The highest BCUT2D eigenvalue weighted by molar-refractivity contribution is 6.30. The number of carbonyl (C=O) groups is 1. The number of hydrogen-bond acceptors (Lipinski definition) is 4. The molecular formula is C28H34ClNO4. The second kappa shape index (κ2) is 9.55. The zero-order valence-electron chi connectivity index (χ0n) is 21.3. The van der Waals surface area contributed by atoms with Crippen LogP contribution in [0.4, 0.5) is 0 Å². The Hall–Kier alpha value is -2.63. The lowest BCUT2D eigenvalue weighted by Gasteiger charge is -2.31. The molecule has 0 saturated carbocycles. The number of esters is 1. The molecule has 5 nitrogen and oxygen atoms in total. The quantitative estimate of drug-likeness (QED) is 0.226. The first-order chi connectivity index (χ1) is 15.7. The minimum atomic E-state index is -0.630. The Bertz CT molecular complexity index is 1200. The molecule has 182 valence electrons. The fourth-order valence-corrected chi connectivity index (χ4v) is 4.07. The summed E-state index contributed by atoms with van der Waals surface area (Å²) in [6.45, 7) is 15.2. The largest absolute Gasteiger partial charge is 0.618 e. The minimum Gasteiger partial charge on any atom is -0.618 e. The number of nitrogens with zero attached hydrogens (tertiary/aromatic N) is 1. The van der Waals surface area contributed by atoms with Crippen LogP contribution in [0.5, 0.6) is 0 Å². The van der Waals surface area contributed by atoms with Crippen LogP contribution in [0, 0.1) is 24.5 Å². The molecule has 0 amide bonds. The summed E-state index contributed by atoms with van der Waals surface area (Å²) in [4.78, 5) is 12.6. The number of hydrogen-bond donors (Lipinski definition) is 0. The third-order valence-corrected chi connectivity index (χ3v) is 5.80. The normalized spacial score (nSPS) is 13.2. The van der Waals surface area contributed by atoms with Crippen molar-refractivity contribution < 1.29 is 19.0 Å². The molecule has 1 aromatic heterocycles. The monoisotopic (exact) mass is 483 g/mol. The Morgan fingerprint density at radius 1 is 1.03 bits per heavy atom. The molecule has 0 bridgehead atoms. The summed E-state index contributed by atoms with van der Waals surface area (Å²) < 4.78 is 13.2. The van der Waals surface area contributed by atoms with Gasteiger partial charge < -0.3 is 14.7 Å². The van der Waals surface area contributed by atoms with Gasteiger partial charge in [-0.25, -0.2) is 0 Å². The van der Waals surface area contributed by atoms with E-state index in [1.54, 1.807) is 6.92 Å². The first kappa shape index (κ1) is 26.0. The highest BCUT2D eigenvalue weighted by atomic mass is 35.5. The third-order valence-electron chi connectivity index (χ3n) is 5.55. The summed E-state index contributed by atoms with van der Waals surface area (Å²) in [5.41, 5.74) is 3.61. The van der Waals surface area contributed by atoms with E-state index >= 15 is 0 Å². The zero-order chi connectivity index (χ0) is 25.4. The Morgan fingerprint density at radius 2 is 1.65 bits per heavy atom. The molecule has 0 saturated heterocycles. The molecule has 0 aliphatic carbocycles. The van der Waals surface area contributed by atoms with E-state index in [0.29, 0.717) is 16.2 Å². The van der Waals surface area contributed by atoms with E-state index in [1.807, 2.05) is 90.9 Å². The van der Waals surface area contributed by atoms with E-state index in [-0.39, 0.29) is 12.6 Å². The molecule has 0 radical (unpaired) electrons. The van der Waals surface area contributed by atoms with E-state index in [9.17, 15) is 10.0 Å². The van der Waals surface area contributed by atoms with Gasteiger partial charge in [-0.2, -0.15) is 4.73 Å². The molecule has 0 fully saturated rings. The topological polar surface area (TPSA) is 62.5 Å². The van der Waals surface area contributed by atoms with Gasteiger partial charge in [-0.05, 0) is 83.4 Å². The fourth-order valence-electron chi connectivity index (χ4n) is 3.94. The number of aromatic nitrogens is 1. The summed E-state index contributed by atoms with van der Waals surface area (Å²) in [6, 6.07) is 13.2. The number of aryl methyl sites for hydroxylation is 2. The van der Waals surface area contributed by atoms with E-state index in [2.05, 4.69) is 0 Å². The molecule has 0 N–H and O–H groups in total. The van der Waals surface area contributed by atoms with Crippen molar-refractivity contribution in [3.05, 3.63) is 69.5 Å². The van der Waals surface area contributed by atoms with Crippen LogP contribution in [0.3, 0.4) is 0 Å². The maximum Gasteiger partial charge on any atom is 0.311 e. The van der Waals surface area contributed by atoms with Crippen molar-refractivity contribution in [2.24, 2.45) is 5.41 Å². The van der Waals surface area contributed by atoms with Gasteiger partial charge in [-0.1, -0.05) is 23.7 Å². The lowest BCUT2D eigenvalue weighted by molar-refractivity contribution is -0.584. The van der Waals surface area contributed by atoms with Crippen molar-refractivity contribution in [2.75, 3.05) is 6.61 Å². The van der Waals surface area contributed by atoms with Crippen LogP contribution in [-0.4, -0.2) is 18.2 Å². The minimum absolute atomic E-state index is 0.0591. The predicted octanol–water partition coefficient (Wildman–Crippen LogP) is 6.86. The highest BCUT2D eigenvalue weighted by Gasteiger charge is 2.31. The Kier molecular flexibility index (Phi) is 7.30. The maximum absolute atomic E-state index is 12.9. The van der Waals surface area contributed by atoms with Crippen molar-refractivity contribution in [3.63, 3.8) is 0 Å². The molecule has 2 aromatic carbocycles. The molecule has 1 atom stereocenters. The number of benzene rings is 2. The second-order valence-corrected chi connectivity index (χ2v) is 11.2. The van der Waals surface area contributed by atoms with Gasteiger partial charge in [0.05, 0.1) is 16.4 Å². The maximum atomic E-state index is 12.9. The van der Waals surface area contributed by atoms with Crippen molar-refractivity contribution in [1.82, 2.24) is 0 Å². The van der Waals surface area contributed by atoms with E-state index in [4.69, 9.17) is 21.1 Å². The van der Waals surface area contributed by atoms with E-state index in [1.165, 1.54) is 0 Å². The summed E-state index contributed by atoms with van der Waals surface area (Å²) in [7, 11) is 0. The van der Waals surface area contributed by atoms with Gasteiger partial charge in [-0.3, -0.25) is 4.79 Å². The average Bonchev–Trinajstić information content (AvgIpc) is 2.72. The van der Waals surface area contributed by atoms with Crippen LogP contribution in [0.2, 0.25) is 5.02 Å². The highest BCUT2D eigenvalue weighted by Crippen LogP contribution is 2.40. The Labute approximate surface area is 207 Å². The first-order valence-corrected chi connectivity index (χ1v) is 11.8. The summed E-state index contributed by atoms with van der Waals surface area (Å²) >= 11 is 6.18. The van der Waals surface area contributed by atoms with Gasteiger partial charge >= 0.3 is 5.97 Å². The Morgan fingerprint density at radius 3 is 2.21 bits per heavy atom. The van der Waals surface area contributed by atoms with Gasteiger partial charge in [0, 0.05) is 29.6 Å². The summed E-state index contributed by atoms with van der Waals surface area (Å²) in [5.74, 6) is -0.297. The van der Waals surface area contributed by atoms with Gasteiger partial charge in [0.15, 0.2) is 5.69 Å². The predicted molar refractivity (Wildman–Crippen MR) is 137 cm³/mol. The zero-order valence-corrected chi connectivity index (χ0v) is 22.0. The van der Waals surface area contributed by atoms with Gasteiger partial charge in [0.25, 0.3) is 0 Å². The molecule has 0 unspecified atom stereocenters. The van der Waals surface area contributed by atoms with E-state index < -0.39 is 17.1 Å². The molecule has 0 aliphatic heterocycles. The molecule has 0 aliphatic rings. The molecule has 1 heterocycles. The van der Waals surface area contributed by atoms with Crippen LogP contribution in [0.15, 0.2) is 42.5 Å². The number of fused-ring (bicyclic) bond motifs is 1.